The molecule has 8 heteroatoms. The molecule has 0 aliphatic rings. The number of nitrogens with zero attached hydrogens (tertiary/aromatic N) is 3. The van der Waals surface area contributed by atoms with Gasteiger partial charge in [0.1, 0.15) is 0 Å². The van der Waals surface area contributed by atoms with E-state index >= 15 is 0 Å². The lowest BCUT2D eigenvalue weighted by atomic mass is 10.0. The molecule has 0 radical (unpaired) electrons. The Morgan fingerprint density at radius 3 is 1.78 bits per heavy atom. The number of halogens is 1. The zero-order chi connectivity index (χ0) is 17.4. The molecule has 0 spiro atoms. The van der Waals surface area contributed by atoms with Crippen LogP contribution in [0, 0.1) is 22.7 Å². The number of esters is 2. The Morgan fingerprint density at radius 1 is 1.09 bits per heavy atom. The Morgan fingerprint density at radius 2 is 1.48 bits per heavy atom. The summed E-state index contributed by atoms with van der Waals surface area (Å²) >= 11 is 5.95. The van der Waals surface area contributed by atoms with E-state index in [1.165, 1.54) is 12.1 Å². The predicted molar refractivity (Wildman–Crippen MR) is 79.2 cm³/mol. The predicted octanol–water partition coefficient (Wildman–Crippen LogP) is 2.08. The molecule has 0 saturated heterocycles. The van der Waals surface area contributed by atoms with Crippen molar-refractivity contribution < 1.29 is 19.1 Å². The number of nitriles is 2. The Labute approximate surface area is 138 Å². The van der Waals surface area contributed by atoms with E-state index in [4.69, 9.17) is 31.6 Å². The Balaban J connectivity index is 3.26. The van der Waals surface area contributed by atoms with Crippen LogP contribution in [0.4, 0.5) is 0 Å². The lowest BCUT2D eigenvalue weighted by Gasteiger charge is -2.12. The molecular weight excluding hydrogens is 322 g/mol. The van der Waals surface area contributed by atoms with Crippen LogP contribution in [0.5, 0.6) is 0 Å². The van der Waals surface area contributed by atoms with E-state index < -0.39 is 23.8 Å². The van der Waals surface area contributed by atoms with Gasteiger partial charge in [-0.05, 0) is 26.0 Å². The Kier molecular flexibility index (Phi) is 6.98. The van der Waals surface area contributed by atoms with Gasteiger partial charge in [-0.25, -0.2) is 0 Å². The molecule has 2 unspecified atom stereocenters. The normalized spacial score (nSPS) is 12.4. The lowest BCUT2D eigenvalue weighted by Crippen LogP contribution is -2.19. The van der Waals surface area contributed by atoms with Gasteiger partial charge in [0.25, 0.3) is 0 Å². The third-order valence-electron chi connectivity index (χ3n) is 2.72. The smallest absolute Gasteiger partial charge is 0.329 e. The lowest BCUT2D eigenvalue weighted by molar-refractivity contribution is -0.144. The molecule has 0 aliphatic carbocycles. The molecule has 1 rings (SSSR count). The first-order valence-electron chi connectivity index (χ1n) is 6.78. The van der Waals surface area contributed by atoms with Crippen LogP contribution in [-0.4, -0.2) is 30.1 Å². The highest BCUT2D eigenvalue weighted by molar-refractivity contribution is 6.30. The van der Waals surface area contributed by atoms with Crippen molar-refractivity contribution >= 4 is 23.5 Å². The van der Waals surface area contributed by atoms with Crippen LogP contribution in [0.25, 0.3) is 0 Å². The van der Waals surface area contributed by atoms with Crippen LogP contribution >= 0.6 is 11.6 Å². The van der Waals surface area contributed by atoms with Crippen LogP contribution < -0.4 is 0 Å². The molecule has 0 bridgehead atoms. The number of aromatic nitrogens is 1. The zero-order valence-corrected chi connectivity index (χ0v) is 13.3. The van der Waals surface area contributed by atoms with Gasteiger partial charge in [-0.2, -0.15) is 10.5 Å². The molecular formula is C15H14ClN3O4. The largest absolute Gasteiger partial charge is 0.465 e. The highest BCUT2D eigenvalue weighted by atomic mass is 35.5. The quantitative estimate of drug-likeness (QED) is 0.731. The maximum absolute atomic E-state index is 11.8. The van der Waals surface area contributed by atoms with Gasteiger partial charge in [0, 0.05) is 5.02 Å². The molecule has 0 amide bonds. The van der Waals surface area contributed by atoms with Crippen molar-refractivity contribution in [2.75, 3.05) is 13.2 Å². The fourth-order valence-electron chi connectivity index (χ4n) is 1.76. The van der Waals surface area contributed by atoms with Crippen molar-refractivity contribution in [2.45, 2.75) is 25.7 Å². The molecule has 0 N–H and O–H groups in total. The summed E-state index contributed by atoms with van der Waals surface area (Å²) in [6, 6.07) is 6.18. The van der Waals surface area contributed by atoms with E-state index in [1.807, 2.05) is 0 Å². The number of pyridine rings is 1. The van der Waals surface area contributed by atoms with Gasteiger partial charge in [0.15, 0.2) is 11.8 Å². The van der Waals surface area contributed by atoms with Gasteiger partial charge in [-0.1, -0.05) is 11.6 Å². The number of ether oxygens (including phenoxy) is 2. The average molecular weight is 336 g/mol. The maximum Gasteiger partial charge on any atom is 0.329 e. The van der Waals surface area contributed by atoms with Crippen molar-refractivity contribution in [2.24, 2.45) is 0 Å². The van der Waals surface area contributed by atoms with E-state index in [9.17, 15) is 9.59 Å². The fraction of sp³-hybridized carbons (Fsp3) is 0.400. The Hall–Kier alpha value is -2.64. The molecule has 1 aromatic heterocycles. The summed E-state index contributed by atoms with van der Waals surface area (Å²) in [6.45, 7) is 3.42. The summed E-state index contributed by atoms with van der Waals surface area (Å²) in [6.07, 6.45) is 0. The van der Waals surface area contributed by atoms with Crippen LogP contribution in [0.3, 0.4) is 0 Å². The van der Waals surface area contributed by atoms with Gasteiger partial charge in [0.2, 0.25) is 0 Å². The number of hydrogen-bond donors (Lipinski definition) is 0. The maximum atomic E-state index is 11.8. The average Bonchev–Trinajstić information content (AvgIpc) is 2.49. The van der Waals surface area contributed by atoms with E-state index in [2.05, 4.69) is 4.98 Å². The van der Waals surface area contributed by atoms with Crippen molar-refractivity contribution in [3.05, 3.63) is 28.5 Å². The topological polar surface area (TPSA) is 113 Å². The van der Waals surface area contributed by atoms with Gasteiger partial charge in [-0.15, -0.1) is 0 Å². The standard InChI is InChI=1S/C15H14ClN3O4/c1-3-22-14(20)10(7-17)12-5-9(16)6-13(19-12)11(8-18)15(21)23-4-2/h5-6,10-11H,3-4H2,1-2H3. The summed E-state index contributed by atoms with van der Waals surface area (Å²) in [5.41, 5.74) is 0.0241. The number of carbonyl (C=O) groups excluding carboxylic acids is 2. The summed E-state index contributed by atoms with van der Waals surface area (Å²) in [4.78, 5) is 27.6. The Bertz CT molecular complexity index is 624. The number of hydrogen-bond acceptors (Lipinski definition) is 7. The molecule has 1 heterocycles. The van der Waals surface area contributed by atoms with E-state index in [-0.39, 0.29) is 29.6 Å². The van der Waals surface area contributed by atoms with Crippen LogP contribution in [0.15, 0.2) is 12.1 Å². The summed E-state index contributed by atoms with van der Waals surface area (Å²) in [5, 5.41) is 18.5. The molecule has 0 saturated carbocycles. The first-order valence-corrected chi connectivity index (χ1v) is 7.16. The van der Waals surface area contributed by atoms with Crippen molar-refractivity contribution in [1.82, 2.24) is 4.98 Å². The van der Waals surface area contributed by atoms with Crippen LogP contribution in [0.1, 0.15) is 37.1 Å². The van der Waals surface area contributed by atoms with Crippen LogP contribution in [0.2, 0.25) is 5.02 Å². The zero-order valence-electron chi connectivity index (χ0n) is 12.6. The molecule has 0 fully saturated rings. The van der Waals surface area contributed by atoms with E-state index in [1.54, 1.807) is 26.0 Å². The molecule has 7 nitrogen and oxygen atoms in total. The highest BCUT2D eigenvalue weighted by Gasteiger charge is 2.28. The number of rotatable bonds is 6. The van der Waals surface area contributed by atoms with Gasteiger partial charge < -0.3 is 9.47 Å². The monoisotopic (exact) mass is 335 g/mol. The minimum absolute atomic E-state index is 0.0120. The number of carbonyl (C=O) groups is 2. The van der Waals surface area contributed by atoms with Crippen molar-refractivity contribution in [1.29, 1.82) is 10.5 Å². The van der Waals surface area contributed by atoms with Gasteiger partial charge in [-0.3, -0.25) is 14.6 Å². The SMILES string of the molecule is CCOC(=O)C(C#N)c1cc(Cl)cc(C(C#N)C(=O)OCC)n1. The molecule has 0 aliphatic heterocycles. The van der Waals surface area contributed by atoms with Gasteiger partial charge in [0.05, 0.1) is 36.7 Å². The molecule has 120 valence electrons. The second-order valence-electron chi connectivity index (χ2n) is 4.26. The second kappa shape index (κ2) is 8.72. The van der Waals surface area contributed by atoms with Crippen LogP contribution in [-0.2, 0) is 19.1 Å². The molecule has 0 aromatic carbocycles. The molecule has 2 atom stereocenters. The molecule has 23 heavy (non-hydrogen) atoms. The molecule has 1 aromatic rings. The van der Waals surface area contributed by atoms with E-state index in [0.29, 0.717) is 0 Å². The highest BCUT2D eigenvalue weighted by Crippen LogP contribution is 2.24. The van der Waals surface area contributed by atoms with Crippen molar-refractivity contribution in [3.8, 4) is 12.1 Å². The van der Waals surface area contributed by atoms with Crippen molar-refractivity contribution in [3.63, 3.8) is 0 Å². The summed E-state index contributed by atoms with van der Waals surface area (Å²) in [7, 11) is 0. The minimum atomic E-state index is -1.30. The third kappa shape index (κ3) is 4.67. The second-order valence-corrected chi connectivity index (χ2v) is 4.70. The fourth-order valence-corrected chi connectivity index (χ4v) is 1.99. The van der Waals surface area contributed by atoms with Gasteiger partial charge >= 0.3 is 11.9 Å². The minimum Gasteiger partial charge on any atom is -0.465 e. The summed E-state index contributed by atoms with van der Waals surface area (Å²) in [5.74, 6) is -4.15. The third-order valence-corrected chi connectivity index (χ3v) is 2.94. The first kappa shape index (κ1) is 18.4. The summed E-state index contributed by atoms with van der Waals surface area (Å²) < 4.78 is 9.60. The van der Waals surface area contributed by atoms with E-state index in [0.717, 1.165) is 0 Å². The first-order chi connectivity index (χ1) is 11.0.